The van der Waals surface area contributed by atoms with Gasteiger partial charge in [0.05, 0.1) is 10.6 Å². The van der Waals surface area contributed by atoms with E-state index in [2.05, 4.69) is 56.8 Å². The summed E-state index contributed by atoms with van der Waals surface area (Å²) in [5, 5.41) is 11.6. The van der Waals surface area contributed by atoms with E-state index in [4.69, 9.17) is 5.41 Å². The molecule has 0 aliphatic heterocycles. The van der Waals surface area contributed by atoms with Crippen LogP contribution in [0.2, 0.25) is 0 Å². The van der Waals surface area contributed by atoms with Gasteiger partial charge in [0.2, 0.25) is 0 Å². The molecule has 0 saturated carbocycles. The van der Waals surface area contributed by atoms with Crippen molar-refractivity contribution in [3.8, 4) is 10.7 Å². The lowest BCUT2D eigenvalue weighted by atomic mass is 9.84. The molecule has 4 nitrogen and oxygen atoms in total. The maximum absolute atomic E-state index is 8.27. The molecule has 0 fully saturated rings. The molecule has 0 amide bonds. The highest BCUT2D eigenvalue weighted by atomic mass is 32.1. The normalized spacial score (nSPS) is 12.3. The first-order valence-electron chi connectivity index (χ1n) is 8.76. The zero-order valence-corrected chi connectivity index (χ0v) is 17.5. The Kier molecular flexibility index (Phi) is 5.38. The first-order valence-corrected chi connectivity index (χ1v) is 9.58. The van der Waals surface area contributed by atoms with E-state index < -0.39 is 0 Å². The highest BCUT2D eigenvalue weighted by Crippen LogP contribution is 2.44. The van der Waals surface area contributed by atoms with E-state index in [0.29, 0.717) is 11.5 Å². The van der Waals surface area contributed by atoms with Gasteiger partial charge in [0.15, 0.2) is 5.82 Å². The summed E-state index contributed by atoms with van der Waals surface area (Å²) >= 11 is 1.69. The number of hydrogen-bond acceptors (Lipinski definition) is 5. The maximum Gasteiger partial charge on any atom is 0.170 e. The van der Waals surface area contributed by atoms with E-state index in [0.717, 1.165) is 28.1 Å². The number of aromatic nitrogens is 2. The molecule has 136 valence electrons. The highest BCUT2D eigenvalue weighted by Gasteiger charge is 2.28. The second-order valence-corrected chi connectivity index (χ2v) is 9.19. The molecule has 0 spiro atoms. The topological polar surface area (TPSA) is 61.7 Å². The van der Waals surface area contributed by atoms with Crippen molar-refractivity contribution in [3.63, 3.8) is 0 Å². The van der Waals surface area contributed by atoms with Gasteiger partial charge in [-0.05, 0) is 29.7 Å². The maximum atomic E-state index is 8.27. The number of thiophene rings is 1. The fourth-order valence-electron chi connectivity index (χ4n) is 2.71. The van der Waals surface area contributed by atoms with Gasteiger partial charge in [-0.15, -0.1) is 11.3 Å². The first kappa shape index (κ1) is 19.6. The number of nitrogens with zero attached hydrogens (tertiary/aromatic N) is 2. The van der Waals surface area contributed by atoms with Gasteiger partial charge < -0.3 is 10.7 Å². The molecule has 5 heteroatoms. The molecule has 2 aromatic rings. The van der Waals surface area contributed by atoms with Gasteiger partial charge in [-0.3, -0.25) is 0 Å². The summed E-state index contributed by atoms with van der Waals surface area (Å²) in [6.07, 6.45) is 4.91. The molecule has 0 atom stereocenters. The predicted molar refractivity (Wildman–Crippen MR) is 109 cm³/mol. The fraction of sp³-hybridized carbons (Fsp3) is 0.550. The molecule has 0 saturated heterocycles. The summed E-state index contributed by atoms with van der Waals surface area (Å²) < 4.78 is 0. The first-order chi connectivity index (χ1) is 11.5. The van der Waals surface area contributed by atoms with Crippen LogP contribution in [0.15, 0.2) is 12.4 Å². The van der Waals surface area contributed by atoms with Crippen molar-refractivity contribution in [1.82, 2.24) is 9.97 Å². The third kappa shape index (κ3) is 3.76. The van der Waals surface area contributed by atoms with E-state index in [9.17, 15) is 0 Å². The molecular weight excluding hydrogens is 328 g/mol. The Morgan fingerprint density at radius 3 is 2.12 bits per heavy atom. The Labute approximate surface area is 155 Å². The van der Waals surface area contributed by atoms with Crippen molar-refractivity contribution < 1.29 is 0 Å². The quantitative estimate of drug-likeness (QED) is 0.682. The third-order valence-corrected chi connectivity index (χ3v) is 6.35. The number of rotatable bonds is 5. The van der Waals surface area contributed by atoms with Crippen LogP contribution in [0.5, 0.6) is 0 Å². The Morgan fingerprint density at radius 1 is 1.16 bits per heavy atom. The average molecular weight is 359 g/mol. The van der Waals surface area contributed by atoms with E-state index in [-0.39, 0.29) is 10.8 Å². The Morgan fingerprint density at radius 2 is 1.72 bits per heavy atom. The Hall–Kier alpha value is -1.75. The van der Waals surface area contributed by atoms with Crippen molar-refractivity contribution in [2.75, 3.05) is 12.4 Å². The molecule has 25 heavy (non-hydrogen) atoms. The summed E-state index contributed by atoms with van der Waals surface area (Å²) in [5.74, 6) is 0.703. The van der Waals surface area contributed by atoms with Crippen molar-refractivity contribution >= 4 is 22.7 Å². The lowest BCUT2D eigenvalue weighted by Gasteiger charge is -2.22. The average Bonchev–Trinajstić information content (AvgIpc) is 2.95. The Balaban J connectivity index is 2.63. The molecule has 2 rings (SSSR count). The minimum absolute atomic E-state index is 0.00436. The largest absolute Gasteiger partial charge is 0.387 e. The van der Waals surface area contributed by atoms with Gasteiger partial charge >= 0.3 is 0 Å². The Bertz CT molecular complexity index is 764. The second-order valence-electron chi connectivity index (χ2n) is 8.17. The highest BCUT2D eigenvalue weighted by molar-refractivity contribution is 7.16. The monoisotopic (exact) mass is 358 g/mol. The number of nitrogens with one attached hydrogen (secondary N) is 2. The van der Waals surface area contributed by atoms with Crippen LogP contribution in [-0.4, -0.2) is 22.7 Å². The summed E-state index contributed by atoms with van der Waals surface area (Å²) in [5.41, 5.74) is 3.69. The summed E-state index contributed by atoms with van der Waals surface area (Å²) in [4.78, 5) is 11.5. The second kappa shape index (κ2) is 6.87. The van der Waals surface area contributed by atoms with Gasteiger partial charge in [0, 0.05) is 35.6 Å². The lowest BCUT2D eigenvalue weighted by Crippen LogP contribution is -2.16. The van der Waals surface area contributed by atoms with Crippen molar-refractivity contribution in [1.29, 1.82) is 5.41 Å². The fourth-order valence-corrected chi connectivity index (χ4v) is 4.08. The minimum Gasteiger partial charge on any atom is -0.387 e. The number of anilines is 1. The summed E-state index contributed by atoms with van der Waals surface area (Å²) in [6, 6.07) is 0. The van der Waals surface area contributed by atoms with E-state index >= 15 is 0 Å². The van der Waals surface area contributed by atoms with Gasteiger partial charge in [-0.1, -0.05) is 41.5 Å². The smallest absolute Gasteiger partial charge is 0.170 e. The predicted octanol–water partition coefficient (Wildman–Crippen LogP) is 5.62. The van der Waals surface area contributed by atoms with Crippen LogP contribution in [0.1, 0.15) is 70.9 Å². The van der Waals surface area contributed by atoms with Gasteiger partial charge in [0.1, 0.15) is 0 Å². The molecule has 0 bridgehead atoms. The van der Waals surface area contributed by atoms with Gasteiger partial charge in [0.25, 0.3) is 0 Å². The molecule has 0 aliphatic rings. The van der Waals surface area contributed by atoms with Crippen LogP contribution in [0, 0.1) is 5.41 Å². The molecular formula is C20H30N4S. The standard InChI is InChI=1S/C20H30N4S/c1-9-20(6,7)13-10-23-18(24-11-13)16-14(12(2)21)15(22-8)17(25-16)19(3,4)5/h10-11,21-22H,9H2,1-8H3. The molecule has 2 heterocycles. The third-order valence-electron chi connectivity index (χ3n) is 4.73. The number of hydrogen-bond donors (Lipinski definition) is 2. The molecule has 0 aromatic carbocycles. The molecule has 0 radical (unpaired) electrons. The van der Waals surface area contributed by atoms with Crippen LogP contribution in [0.4, 0.5) is 5.69 Å². The van der Waals surface area contributed by atoms with Gasteiger partial charge in [-0.25, -0.2) is 9.97 Å². The van der Waals surface area contributed by atoms with Crippen LogP contribution in [0.25, 0.3) is 10.7 Å². The van der Waals surface area contributed by atoms with Crippen LogP contribution in [0.3, 0.4) is 0 Å². The molecule has 2 N–H and O–H groups in total. The van der Waals surface area contributed by atoms with Crippen LogP contribution >= 0.6 is 11.3 Å². The summed E-state index contributed by atoms with van der Waals surface area (Å²) in [7, 11) is 1.92. The van der Waals surface area contributed by atoms with E-state index in [1.165, 1.54) is 4.88 Å². The minimum atomic E-state index is -0.00436. The van der Waals surface area contributed by atoms with E-state index in [1.807, 2.05) is 26.4 Å². The van der Waals surface area contributed by atoms with Gasteiger partial charge in [-0.2, -0.15) is 0 Å². The van der Waals surface area contributed by atoms with Crippen LogP contribution in [-0.2, 0) is 10.8 Å². The lowest BCUT2D eigenvalue weighted by molar-refractivity contribution is 0.502. The zero-order chi connectivity index (χ0) is 19.0. The zero-order valence-electron chi connectivity index (χ0n) is 16.7. The van der Waals surface area contributed by atoms with Crippen LogP contribution < -0.4 is 5.32 Å². The van der Waals surface area contributed by atoms with Crippen molar-refractivity contribution in [2.45, 2.75) is 65.7 Å². The molecule has 2 aromatic heterocycles. The molecule has 0 aliphatic carbocycles. The van der Waals surface area contributed by atoms with E-state index in [1.54, 1.807) is 11.3 Å². The molecule has 0 unspecified atom stereocenters. The van der Waals surface area contributed by atoms with Crippen molar-refractivity contribution in [2.24, 2.45) is 0 Å². The summed E-state index contributed by atoms with van der Waals surface area (Å²) in [6.45, 7) is 15.0. The SMILES string of the molecule is CCC(C)(C)c1cnc(-c2sc(C(C)(C)C)c(NC)c2C(C)=N)nc1. The van der Waals surface area contributed by atoms with Crippen molar-refractivity contribution in [3.05, 3.63) is 28.4 Å².